The van der Waals surface area contributed by atoms with Crippen LogP contribution in [-0.2, 0) is 0 Å². The maximum atomic E-state index is 11.5. The molecule has 1 aromatic heterocycles. The van der Waals surface area contributed by atoms with E-state index in [1.54, 1.807) is 29.5 Å². The van der Waals surface area contributed by atoms with Gasteiger partial charge in [0.05, 0.1) is 23.0 Å². The van der Waals surface area contributed by atoms with Crippen molar-refractivity contribution in [2.45, 2.75) is 19.9 Å². The molecule has 0 spiro atoms. The number of nitrogen functional groups attached to an aromatic ring is 1. The third-order valence-electron chi connectivity index (χ3n) is 3.18. The Morgan fingerprint density at radius 3 is 2.55 bits per heavy atom. The van der Waals surface area contributed by atoms with Crippen LogP contribution in [0.25, 0.3) is 0 Å². The molecule has 1 atom stereocenters. The fourth-order valence-electron chi connectivity index (χ4n) is 2.13. The summed E-state index contributed by atoms with van der Waals surface area (Å²) in [7, 11) is 0. The average molecular weight is 289 g/mol. The molecule has 5 N–H and O–H groups in total. The number of nitrogens with one attached hydrogen (secondary N) is 1. The molecule has 0 aliphatic heterocycles. The first-order chi connectivity index (χ1) is 9.50. The van der Waals surface area contributed by atoms with E-state index in [9.17, 15) is 4.79 Å². The number of rotatable bonds is 5. The number of hydrogen-bond acceptors (Lipinski definition) is 4. The molecule has 1 heterocycles. The van der Waals surface area contributed by atoms with Crippen LogP contribution in [0.1, 0.15) is 35.1 Å². The fourth-order valence-corrected chi connectivity index (χ4v) is 3.08. The van der Waals surface area contributed by atoms with Crippen LogP contribution in [0.2, 0.25) is 0 Å². The molecular weight excluding hydrogens is 270 g/mol. The van der Waals surface area contributed by atoms with Gasteiger partial charge in [-0.3, -0.25) is 4.79 Å². The smallest absolute Gasteiger partial charge is 0.250 e. The number of primary amides is 1. The summed E-state index contributed by atoms with van der Waals surface area (Å²) in [5, 5.41) is 5.42. The van der Waals surface area contributed by atoms with Crippen molar-refractivity contribution >= 4 is 28.6 Å². The molecule has 1 amide bonds. The predicted octanol–water partition coefficient (Wildman–Crippen LogP) is 3.24. The number of carbonyl (C=O) groups is 1. The van der Waals surface area contributed by atoms with E-state index in [0.717, 1.165) is 0 Å². The van der Waals surface area contributed by atoms with Gasteiger partial charge < -0.3 is 16.8 Å². The lowest BCUT2D eigenvalue weighted by molar-refractivity contribution is 0.100. The number of nitrogens with two attached hydrogens (primary N) is 2. The minimum Gasteiger partial charge on any atom is -0.397 e. The summed E-state index contributed by atoms with van der Waals surface area (Å²) < 4.78 is 0. The second-order valence-electron chi connectivity index (χ2n) is 5.02. The first-order valence-electron chi connectivity index (χ1n) is 6.49. The van der Waals surface area contributed by atoms with E-state index >= 15 is 0 Å². The van der Waals surface area contributed by atoms with Crippen LogP contribution in [-0.4, -0.2) is 5.91 Å². The third-order valence-corrected chi connectivity index (χ3v) is 4.13. The van der Waals surface area contributed by atoms with Crippen molar-refractivity contribution in [1.29, 1.82) is 0 Å². The normalized spacial score (nSPS) is 12.3. The Hall–Kier alpha value is -2.01. The molecule has 4 nitrogen and oxygen atoms in total. The Balaban J connectivity index is 2.39. The van der Waals surface area contributed by atoms with E-state index in [0.29, 0.717) is 22.9 Å². The first kappa shape index (κ1) is 14.4. The Morgan fingerprint density at radius 2 is 2.00 bits per heavy atom. The minimum absolute atomic E-state index is 0.0952. The summed E-state index contributed by atoms with van der Waals surface area (Å²) in [6.45, 7) is 4.25. The molecule has 0 aliphatic carbocycles. The van der Waals surface area contributed by atoms with Gasteiger partial charge in [0.15, 0.2) is 0 Å². The Bertz CT molecular complexity index is 593. The van der Waals surface area contributed by atoms with Crippen molar-refractivity contribution in [1.82, 2.24) is 0 Å². The molecule has 0 radical (unpaired) electrons. The zero-order chi connectivity index (χ0) is 14.7. The lowest BCUT2D eigenvalue weighted by Gasteiger charge is -2.24. The summed E-state index contributed by atoms with van der Waals surface area (Å²) >= 11 is 1.68. The fraction of sp³-hybridized carbons (Fsp3) is 0.267. The van der Waals surface area contributed by atoms with E-state index in [2.05, 4.69) is 25.2 Å². The molecule has 2 aromatic rings. The monoisotopic (exact) mass is 289 g/mol. The van der Waals surface area contributed by atoms with Crippen LogP contribution in [0.3, 0.4) is 0 Å². The maximum absolute atomic E-state index is 11.5. The Kier molecular flexibility index (Phi) is 4.29. The average Bonchev–Trinajstić information content (AvgIpc) is 2.90. The predicted molar refractivity (Wildman–Crippen MR) is 84.9 cm³/mol. The highest BCUT2D eigenvalue weighted by Gasteiger charge is 2.20. The lowest BCUT2D eigenvalue weighted by atomic mass is 10.0. The molecule has 20 heavy (non-hydrogen) atoms. The number of para-hydroxylation sites is 1. The standard InChI is InChI=1S/C15H19N3OS/c1-9(2)13(12-7-4-8-20-12)18-14-10(15(17)19)5-3-6-11(14)16/h3-9,13,18H,16H2,1-2H3,(H2,17,19). The molecule has 0 fully saturated rings. The number of thiophene rings is 1. The van der Waals surface area contributed by atoms with E-state index in [4.69, 9.17) is 11.5 Å². The summed E-state index contributed by atoms with van der Waals surface area (Å²) in [5.74, 6) is -0.123. The highest BCUT2D eigenvalue weighted by atomic mass is 32.1. The van der Waals surface area contributed by atoms with Gasteiger partial charge >= 0.3 is 0 Å². The summed E-state index contributed by atoms with van der Waals surface area (Å²) in [4.78, 5) is 12.7. The Morgan fingerprint density at radius 1 is 1.25 bits per heavy atom. The van der Waals surface area contributed by atoms with Crippen molar-refractivity contribution in [2.24, 2.45) is 11.7 Å². The number of anilines is 2. The molecule has 1 aromatic carbocycles. The molecule has 2 rings (SSSR count). The van der Waals surface area contributed by atoms with Gasteiger partial charge in [0.2, 0.25) is 0 Å². The molecule has 0 saturated heterocycles. The van der Waals surface area contributed by atoms with Crippen molar-refractivity contribution in [3.05, 3.63) is 46.2 Å². The van der Waals surface area contributed by atoms with Crippen LogP contribution >= 0.6 is 11.3 Å². The number of carbonyl (C=O) groups excluding carboxylic acids is 1. The third kappa shape index (κ3) is 2.93. The van der Waals surface area contributed by atoms with Crippen molar-refractivity contribution < 1.29 is 4.79 Å². The van der Waals surface area contributed by atoms with E-state index in [-0.39, 0.29) is 6.04 Å². The van der Waals surface area contributed by atoms with Gasteiger partial charge in [-0.1, -0.05) is 26.0 Å². The number of amides is 1. The van der Waals surface area contributed by atoms with Crippen LogP contribution in [0, 0.1) is 5.92 Å². The quantitative estimate of drug-likeness (QED) is 0.739. The van der Waals surface area contributed by atoms with Crippen molar-refractivity contribution in [3.8, 4) is 0 Å². The highest BCUT2D eigenvalue weighted by molar-refractivity contribution is 7.10. The molecule has 0 aliphatic rings. The molecular formula is C15H19N3OS. The maximum Gasteiger partial charge on any atom is 0.250 e. The number of hydrogen-bond donors (Lipinski definition) is 3. The topological polar surface area (TPSA) is 81.1 Å². The second kappa shape index (κ2) is 5.96. The molecule has 1 unspecified atom stereocenters. The summed E-state index contributed by atoms with van der Waals surface area (Å²) in [6, 6.07) is 9.37. The zero-order valence-corrected chi connectivity index (χ0v) is 12.4. The van der Waals surface area contributed by atoms with Crippen LogP contribution in [0.4, 0.5) is 11.4 Å². The van der Waals surface area contributed by atoms with Crippen LogP contribution in [0.5, 0.6) is 0 Å². The van der Waals surface area contributed by atoms with Gasteiger partial charge in [0, 0.05) is 4.88 Å². The number of benzene rings is 1. The Labute approximate surface area is 122 Å². The summed E-state index contributed by atoms with van der Waals surface area (Å²) in [6.07, 6.45) is 0. The zero-order valence-electron chi connectivity index (χ0n) is 11.6. The minimum atomic E-state index is -0.478. The van der Waals surface area contributed by atoms with Crippen LogP contribution in [0.15, 0.2) is 35.7 Å². The SMILES string of the molecule is CC(C)C(Nc1c(N)cccc1C(N)=O)c1cccs1. The van der Waals surface area contributed by atoms with Gasteiger partial charge in [-0.05, 0) is 29.5 Å². The van der Waals surface area contributed by atoms with Crippen molar-refractivity contribution in [2.75, 3.05) is 11.1 Å². The van der Waals surface area contributed by atoms with E-state index in [1.165, 1.54) is 4.88 Å². The van der Waals surface area contributed by atoms with Gasteiger partial charge in [-0.25, -0.2) is 0 Å². The first-order valence-corrected chi connectivity index (χ1v) is 7.37. The highest BCUT2D eigenvalue weighted by Crippen LogP contribution is 2.33. The lowest BCUT2D eigenvalue weighted by Crippen LogP contribution is -2.20. The molecule has 5 heteroatoms. The van der Waals surface area contributed by atoms with Gasteiger partial charge in [0.1, 0.15) is 0 Å². The molecule has 0 bridgehead atoms. The van der Waals surface area contributed by atoms with Gasteiger partial charge in [-0.15, -0.1) is 11.3 Å². The largest absolute Gasteiger partial charge is 0.397 e. The summed E-state index contributed by atoms with van der Waals surface area (Å²) in [5.41, 5.74) is 13.0. The van der Waals surface area contributed by atoms with E-state index in [1.807, 2.05) is 11.4 Å². The molecule has 106 valence electrons. The molecule has 0 saturated carbocycles. The van der Waals surface area contributed by atoms with Gasteiger partial charge in [0.25, 0.3) is 5.91 Å². The van der Waals surface area contributed by atoms with E-state index < -0.39 is 5.91 Å². The second-order valence-corrected chi connectivity index (χ2v) is 5.99. The van der Waals surface area contributed by atoms with Crippen molar-refractivity contribution in [3.63, 3.8) is 0 Å². The van der Waals surface area contributed by atoms with Crippen LogP contribution < -0.4 is 16.8 Å². The van der Waals surface area contributed by atoms with Gasteiger partial charge in [-0.2, -0.15) is 0 Å².